The van der Waals surface area contributed by atoms with Gasteiger partial charge in [-0.2, -0.15) is 12.6 Å². The minimum Gasteiger partial charge on any atom is -0.301 e. The van der Waals surface area contributed by atoms with Gasteiger partial charge in [0.05, 0.1) is 0 Å². The smallest absolute Gasteiger partial charge is 0.00674 e. The van der Waals surface area contributed by atoms with Gasteiger partial charge in [0.25, 0.3) is 0 Å². The summed E-state index contributed by atoms with van der Waals surface area (Å²) in [5.41, 5.74) is 0. The van der Waals surface area contributed by atoms with Gasteiger partial charge in [0.15, 0.2) is 0 Å². The summed E-state index contributed by atoms with van der Waals surface area (Å²) < 4.78 is 0. The van der Waals surface area contributed by atoms with Crippen LogP contribution in [0.5, 0.6) is 0 Å². The second-order valence-electron chi connectivity index (χ2n) is 4.43. The molecule has 0 aliphatic carbocycles. The maximum absolute atomic E-state index is 4.27. The van der Waals surface area contributed by atoms with Crippen LogP contribution < -0.4 is 0 Å². The SMILES string of the molecule is CC(CCS)CCN1CCCC1C. The summed E-state index contributed by atoms with van der Waals surface area (Å²) in [4.78, 5) is 2.63. The van der Waals surface area contributed by atoms with Gasteiger partial charge < -0.3 is 4.90 Å². The maximum Gasteiger partial charge on any atom is 0.00674 e. The first-order valence-corrected chi connectivity index (χ1v) is 6.22. The van der Waals surface area contributed by atoms with Crippen molar-refractivity contribution in [3.63, 3.8) is 0 Å². The first-order valence-electron chi connectivity index (χ1n) is 5.59. The van der Waals surface area contributed by atoms with Gasteiger partial charge in [0.2, 0.25) is 0 Å². The third-order valence-corrected chi connectivity index (χ3v) is 3.48. The molecule has 0 amide bonds. The highest BCUT2D eigenvalue weighted by Crippen LogP contribution is 2.18. The molecule has 0 radical (unpaired) electrons. The van der Waals surface area contributed by atoms with Crippen molar-refractivity contribution in [1.82, 2.24) is 4.90 Å². The molecule has 0 aromatic carbocycles. The molecule has 2 unspecified atom stereocenters. The van der Waals surface area contributed by atoms with Gasteiger partial charge in [-0.05, 0) is 57.4 Å². The normalized spacial score (nSPS) is 26.5. The Morgan fingerprint density at radius 2 is 2.23 bits per heavy atom. The average Bonchev–Trinajstić information content (AvgIpc) is 2.48. The van der Waals surface area contributed by atoms with E-state index in [0.29, 0.717) is 0 Å². The molecular weight excluding hydrogens is 178 g/mol. The molecular formula is C11H23NS. The lowest BCUT2D eigenvalue weighted by Crippen LogP contribution is -2.28. The zero-order valence-electron chi connectivity index (χ0n) is 9.00. The molecule has 2 atom stereocenters. The third kappa shape index (κ3) is 3.90. The van der Waals surface area contributed by atoms with Gasteiger partial charge in [-0.15, -0.1) is 0 Å². The third-order valence-electron chi connectivity index (χ3n) is 3.22. The average molecular weight is 201 g/mol. The lowest BCUT2D eigenvalue weighted by molar-refractivity contribution is 0.248. The zero-order valence-corrected chi connectivity index (χ0v) is 9.89. The molecule has 1 aliphatic heterocycles. The van der Waals surface area contributed by atoms with Crippen LogP contribution >= 0.6 is 12.6 Å². The Hall–Kier alpha value is 0.310. The van der Waals surface area contributed by atoms with E-state index in [2.05, 4.69) is 31.4 Å². The van der Waals surface area contributed by atoms with Crippen molar-refractivity contribution in [2.45, 2.75) is 45.6 Å². The summed E-state index contributed by atoms with van der Waals surface area (Å²) in [6.07, 6.45) is 5.43. The highest BCUT2D eigenvalue weighted by atomic mass is 32.1. The Morgan fingerprint density at radius 1 is 1.46 bits per heavy atom. The minimum absolute atomic E-state index is 0.836. The van der Waals surface area contributed by atoms with E-state index >= 15 is 0 Å². The van der Waals surface area contributed by atoms with Crippen LogP contribution in [0.25, 0.3) is 0 Å². The van der Waals surface area contributed by atoms with Crippen LogP contribution in [-0.4, -0.2) is 29.8 Å². The van der Waals surface area contributed by atoms with E-state index in [1.807, 2.05) is 0 Å². The fourth-order valence-corrected chi connectivity index (χ4v) is 2.52. The lowest BCUT2D eigenvalue weighted by atomic mass is 10.0. The fourth-order valence-electron chi connectivity index (χ4n) is 2.08. The maximum atomic E-state index is 4.27. The summed E-state index contributed by atoms with van der Waals surface area (Å²) >= 11 is 4.27. The van der Waals surface area contributed by atoms with E-state index in [0.717, 1.165) is 17.7 Å². The van der Waals surface area contributed by atoms with Crippen LogP contribution in [0, 0.1) is 5.92 Å². The van der Waals surface area contributed by atoms with Crippen LogP contribution in [0.3, 0.4) is 0 Å². The monoisotopic (exact) mass is 201 g/mol. The van der Waals surface area contributed by atoms with Crippen molar-refractivity contribution >= 4 is 12.6 Å². The summed E-state index contributed by atoms with van der Waals surface area (Å²) in [5.74, 6) is 1.89. The molecule has 0 saturated carbocycles. The number of thiol groups is 1. The molecule has 1 aliphatic rings. The van der Waals surface area contributed by atoms with Gasteiger partial charge in [-0.25, -0.2) is 0 Å². The highest BCUT2D eigenvalue weighted by Gasteiger charge is 2.19. The number of rotatable bonds is 5. The molecule has 1 nitrogen and oxygen atoms in total. The summed E-state index contributed by atoms with van der Waals surface area (Å²) in [6.45, 7) is 7.33. The van der Waals surface area contributed by atoms with Crippen molar-refractivity contribution in [3.8, 4) is 0 Å². The first-order chi connectivity index (χ1) is 6.24. The van der Waals surface area contributed by atoms with E-state index in [1.165, 1.54) is 38.8 Å². The van der Waals surface area contributed by atoms with Crippen LogP contribution in [0.1, 0.15) is 39.5 Å². The lowest BCUT2D eigenvalue weighted by Gasteiger charge is -2.22. The summed E-state index contributed by atoms with van der Waals surface area (Å²) in [5, 5.41) is 0. The molecule has 13 heavy (non-hydrogen) atoms. The van der Waals surface area contributed by atoms with Crippen molar-refractivity contribution in [1.29, 1.82) is 0 Å². The topological polar surface area (TPSA) is 3.24 Å². The van der Waals surface area contributed by atoms with Crippen molar-refractivity contribution < 1.29 is 0 Å². The molecule has 1 saturated heterocycles. The van der Waals surface area contributed by atoms with Crippen molar-refractivity contribution in [2.75, 3.05) is 18.8 Å². The second kappa shape index (κ2) is 5.92. The molecule has 0 spiro atoms. The van der Waals surface area contributed by atoms with E-state index in [-0.39, 0.29) is 0 Å². The fraction of sp³-hybridized carbons (Fsp3) is 1.00. The summed E-state index contributed by atoms with van der Waals surface area (Å²) in [7, 11) is 0. The van der Waals surface area contributed by atoms with E-state index in [9.17, 15) is 0 Å². The van der Waals surface area contributed by atoms with Crippen LogP contribution in [-0.2, 0) is 0 Å². The standard InChI is InChI=1S/C11H23NS/c1-10(6-9-13)5-8-12-7-3-4-11(12)2/h10-11,13H,3-9H2,1-2H3. The molecule has 1 heterocycles. The van der Waals surface area contributed by atoms with E-state index < -0.39 is 0 Å². The van der Waals surface area contributed by atoms with Crippen LogP contribution in [0.15, 0.2) is 0 Å². The molecule has 0 N–H and O–H groups in total. The Labute approximate surface area is 88.3 Å². The van der Waals surface area contributed by atoms with Gasteiger partial charge in [-0.3, -0.25) is 0 Å². The zero-order chi connectivity index (χ0) is 9.68. The quantitative estimate of drug-likeness (QED) is 0.669. The Bertz CT molecular complexity index is 138. The number of nitrogens with zero attached hydrogens (tertiary/aromatic N) is 1. The Morgan fingerprint density at radius 3 is 2.77 bits per heavy atom. The van der Waals surface area contributed by atoms with Crippen molar-refractivity contribution in [3.05, 3.63) is 0 Å². The number of hydrogen-bond donors (Lipinski definition) is 1. The molecule has 0 bridgehead atoms. The van der Waals surface area contributed by atoms with Gasteiger partial charge in [-0.1, -0.05) is 6.92 Å². The molecule has 78 valence electrons. The van der Waals surface area contributed by atoms with Gasteiger partial charge in [0, 0.05) is 6.04 Å². The van der Waals surface area contributed by atoms with E-state index in [1.54, 1.807) is 0 Å². The second-order valence-corrected chi connectivity index (χ2v) is 4.88. The number of hydrogen-bond acceptors (Lipinski definition) is 2. The van der Waals surface area contributed by atoms with E-state index in [4.69, 9.17) is 0 Å². The Kier molecular flexibility index (Phi) is 5.18. The van der Waals surface area contributed by atoms with Crippen LogP contribution in [0.4, 0.5) is 0 Å². The predicted octanol–water partition coefficient (Wildman–Crippen LogP) is 2.82. The van der Waals surface area contributed by atoms with Gasteiger partial charge >= 0.3 is 0 Å². The molecule has 0 aromatic heterocycles. The first kappa shape index (κ1) is 11.4. The predicted molar refractivity (Wildman–Crippen MR) is 62.5 cm³/mol. The molecule has 2 heteroatoms. The van der Waals surface area contributed by atoms with Gasteiger partial charge in [0.1, 0.15) is 0 Å². The highest BCUT2D eigenvalue weighted by molar-refractivity contribution is 7.80. The molecule has 0 aromatic rings. The minimum atomic E-state index is 0.836. The Balaban J connectivity index is 2.10. The largest absolute Gasteiger partial charge is 0.301 e. The molecule has 1 fully saturated rings. The summed E-state index contributed by atoms with van der Waals surface area (Å²) in [6, 6.07) is 0.836. The number of likely N-dealkylation sites (tertiary alicyclic amines) is 1. The van der Waals surface area contributed by atoms with Crippen molar-refractivity contribution in [2.24, 2.45) is 5.92 Å². The molecule has 1 rings (SSSR count). The van der Waals surface area contributed by atoms with Crippen LogP contribution in [0.2, 0.25) is 0 Å².